The van der Waals surface area contributed by atoms with Crippen LogP contribution in [0.2, 0.25) is 5.02 Å². The number of benzene rings is 2. The Morgan fingerprint density at radius 3 is 2.79 bits per heavy atom. The van der Waals surface area contributed by atoms with E-state index in [-0.39, 0.29) is 24.3 Å². The fraction of sp³-hybridized carbons (Fsp3) is 0.300. The third-order valence-electron chi connectivity index (χ3n) is 4.30. The molecule has 28 heavy (non-hydrogen) atoms. The number of anilines is 1. The second-order valence-corrected chi connectivity index (χ2v) is 6.53. The van der Waals surface area contributed by atoms with Gasteiger partial charge in [-0.25, -0.2) is 4.39 Å². The Kier molecular flexibility index (Phi) is 6.16. The lowest BCUT2D eigenvalue weighted by Crippen LogP contribution is -2.32. The molecular weight excluding hydrogens is 389 g/mol. The average Bonchev–Trinajstić information content (AvgIpc) is 2.79. The van der Waals surface area contributed by atoms with Gasteiger partial charge in [0.1, 0.15) is 12.2 Å². The summed E-state index contributed by atoms with van der Waals surface area (Å²) < 4.78 is 30.8. The zero-order chi connectivity index (χ0) is 20.3. The summed E-state index contributed by atoms with van der Waals surface area (Å²) in [6.07, 6.45) is -2.45. The maximum absolute atomic E-state index is 15.0. The quantitative estimate of drug-likeness (QED) is 0.762. The molecule has 0 saturated carbocycles. The van der Waals surface area contributed by atoms with Crippen molar-refractivity contribution in [2.75, 3.05) is 19.0 Å². The molecule has 1 N–H and O–H groups in total. The van der Waals surface area contributed by atoms with Crippen molar-refractivity contribution in [2.45, 2.75) is 25.6 Å². The molecule has 2 atom stereocenters. The normalized spacial score (nSPS) is 18.6. The zero-order valence-corrected chi connectivity index (χ0v) is 16.1. The van der Waals surface area contributed by atoms with Gasteiger partial charge in [-0.2, -0.15) is 0 Å². The standard InChI is InChI=1S/C20H19ClFNO5/c1-3-27-17(24)10-16-20(25)23-14-8-7-11(21)9-13(14)19(28-16)12-5-4-6-15(26-2)18(12)22/h4-9,16,19H,3,10H2,1-2H3,(H,23,25)/t16-,19-/m0/s1. The van der Waals surface area contributed by atoms with Gasteiger partial charge in [0.2, 0.25) is 0 Å². The van der Waals surface area contributed by atoms with Crippen LogP contribution in [0.5, 0.6) is 5.75 Å². The van der Waals surface area contributed by atoms with E-state index in [0.717, 1.165) is 0 Å². The Labute approximate surface area is 166 Å². The molecule has 6 nitrogen and oxygen atoms in total. The molecule has 1 aliphatic rings. The van der Waals surface area contributed by atoms with Gasteiger partial charge in [-0.3, -0.25) is 9.59 Å². The first-order chi connectivity index (χ1) is 13.4. The Hall–Kier alpha value is -2.64. The topological polar surface area (TPSA) is 73.9 Å². The molecule has 1 amide bonds. The van der Waals surface area contributed by atoms with Crippen LogP contribution >= 0.6 is 11.6 Å². The molecule has 0 saturated heterocycles. The van der Waals surface area contributed by atoms with Gasteiger partial charge >= 0.3 is 5.97 Å². The molecule has 1 heterocycles. The van der Waals surface area contributed by atoms with Crippen molar-refractivity contribution < 1.29 is 28.2 Å². The highest BCUT2D eigenvalue weighted by Gasteiger charge is 2.35. The first-order valence-electron chi connectivity index (χ1n) is 8.68. The highest BCUT2D eigenvalue weighted by Crippen LogP contribution is 2.39. The van der Waals surface area contributed by atoms with E-state index in [1.807, 2.05) is 0 Å². The van der Waals surface area contributed by atoms with E-state index < -0.39 is 29.9 Å². The lowest BCUT2D eigenvalue weighted by molar-refractivity contribution is -0.150. The van der Waals surface area contributed by atoms with E-state index in [0.29, 0.717) is 16.3 Å². The minimum absolute atomic E-state index is 0.0372. The summed E-state index contributed by atoms with van der Waals surface area (Å²) in [4.78, 5) is 24.5. The number of nitrogens with one attached hydrogen (secondary N) is 1. The van der Waals surface area contributed by atoms with Crippen LogP contribution < -0.4 is 10.1 Å². The number of carbonyl (C=O) groups is 2. The molecule has 0 unspecified atom stereocenters. The smallest absolute Gasteiger partial charge is 0.308 e. The molecule has 3 rings (SSSR count). The van der Waals surface area contributed by atoms with E-state index in [1.165, 1.54) is 19.2 Å². The van der Waals surface area contributed by atoms with Crippen molar-refractivity contribution in [1.29, 1.82) is 0 Å². The summed E-state index contributed by atoms with van der Waals surface area (Å²) in [5, 5.41) is 3.11. The van der Waals surface area contributed by atoms with Gasteiger partial charge < -0.3 is 19.5 Å². The number of hydrogen-bond donors (Lipinski definition) is 1. The van der Waals surface area contributed by atoms with Gasteiger partial charge in [0, 0.05) is 21.8 Å². The van der Waals surface area contributed by atoms with Crippen LogP contribution in [-0.4, -0.2) is 31.7 Å². The van der Waals surface area contributed by atoms with E-state index >= 15 is 0 Å². The molecule has 0 radical (unpaired) electrons. The van der Waals surface area contributed by atoms with Crippen molar-refractivity contribution in [3.63, 3.8) is 0 Å². The number of fused-ring (bicyclic) bond motifs is 1. The Bertz CT molecular complexity index is 904. The molecule has 0 spiro atoms. The summed E-state index contributed by atoms with van der Waals surface area (Å²) in [5.41, 5.74) is 1.06. The highest BCUT2D eigenvalue weighted by molar-refractivity contribution is 6.30. The van der Waals surface area contributed by atoms with Crippen LogP contribution in [0, 0.1) is 5.82 Å². The van der Waals surface area contributed by atoms with Crippen LogP contribution in [0.3, 0.4) is 0 Å². The number of esters is 1. The van der Waals surface area contributed by atoms with Crippen LogP contribution in [0.1, 0.15) is 30.6 Å². The molecule has 0 aliphatic carbocycles. The van der Waals surface area contributed by atoms with Gasteiger partial charge in [0.05, 0.1) is 20.1 Å². The number of amides is 1. The highest BCUT2D eigenvalue weighted by atomic mass is 35.5. The molecule has 2 aromatic carbocycles. The summed E-state index contributed by atoms with van der Waals surface area (Å²) in [5.74, 6) is -1.70. The summed E-state index contributed by atoms with van der Waals surface area (Å²) in [7, 11) is 1.36. The van der Waals surface area contributed by atoms with Gasteiger partial charge in [0.25, 0.3) is 5.91 Å². The second-order valence-electron chi connectivity index (χ2n) is 6.10. The number of ether oxygens (including phenoxy) is 3. The maximum atomic E-state index is 15.0. The third kappa shape index (κ3) is 4.10. The van der Waals surface area contributed by atoms with Crippen molar-refractivity contribution in [1.82, 2.24) is 0 Å². The SMILES string of the molecule is CCOC(=O)C[C@@H]1O[C@@H](c2cccc(OC)c2F)c2cc(Cl)ccc2NC1=O. The van der Waals surface area contributed by atoms with Crippen LogP contribution in [0.4, 0.5) is 10.1 Å². The van der Waals surface area contributed by atoms with Crippen molar-refractivity contribution in [2.24, 2.45) is 0 Å². The second kappa shape index (κ2) is 8.58. The minimum Gasteiger partial charge on any atom is -0.494 e. The summed E-state index contributed by atoms with van der Waals surface area (Å²) in [6, 6.07) is 9.43. The molecule has 8 heteroatoms. The zero-order valence-electron chi connectivity index (χ0n) is 15.3. The minimum atomic E-state index is -1.17. The summed E-state index contributed by atoms with van der Waals surface area (Å²) in [6.45, 7) is 1.84. The monoisotopic (exact) mass is 407 g/mol. The van der Waals surface area contributed by atoms with Gasteiger partial charge in [-0.1, -0.05) is 23.7 Å². The largest absolute Gasteiger partial charge is 0.494 e. The van der Waals surface area contributed by atoms with Crippen LogP contribution in [0.15, 0.2) is 36.4 Å². The van der Waals surface area contributed by atoms with E-state index in [9.17, 15) is 14.0 Å². The lowest BCUT2D eigenvalue weighted by atomic mass is 9.99. The van der Waals surface area contributed by atoms with E-state index in [2.05, 4.69) is 5.32 Å². The predicted octanol–water partition coefficient (Wildman–Crippen LogP) is 3.87. The van der Waals surface area contributed by atoms with Crippen molar-refractivity contribution in [3.8, 4) is 5.75 Å². The van der Waals surface area contributed by atoms with E-state index in [1.54, 1.807) is 31.2 Å². The van der Waals surface area contributed by atoms with Gasteiger partial charge in [-0.15, -0.1) is 0 Å². The Morgan fingerprint density at radius 1 is 1.29 bits per heavy atom. The first kappa shape index (κ1) is 20.1. The number of carbonyl (C=O) groups excluding carboxylic acids is 2. The Balaban J connectivity index is 2.08. The van der Waals surface area contributed by atoms with Crippen molar-refractivity contribution >= 4 is 29.2 Å². The number of halogens is 2. The lowest BCUT2D eigenvalue weighted by Gasteiger charge is -2.22. The number of hydrogen-bond acceptors (Lipinski definition) is 5. The van der Waals surface area contributed by atoms with Crippen molar-refractivity contribution in [3.05, 3.63) is 58.4 Å². The third-order valence-corrected chi connectivity index (χ3v) is 4.53. The fourth-order valence-electron chi connectivity index (χ4n) is 3.02. The van der Waals surface area contributed by atoms with Crippen LogP contribution in [0.25, 0.3) is 0 Å². The maximum Gasteiger partial charge on any atom is 0.308 e. The predicted molar refractivity (Wildman–Crippen MR) is 101 cm³/mol. The fourth-order valence-corrected chi connectivity index (χ4v) is 3.20. The van der Waals surface area contributed by atoms with Crippen LogP contribution in [-0.2, 0) is 19.1 Å². The molecule has 0 fully saturated rings. The average molecular weight is 408 g/mol. The molecule has 2 aromatic rings. The molecule has 1 aliphatic heterocycles. The van der Waals surface area contributed by atoms with Gasteiger partial charge in [-0.05, 0) is 31.2 Å². The Morgan fingerprint density at radius 2 is 2.07 bits per heavy atom. The number of methoxy groups -OCH3 is 1. The van der Waals surface area contributed by atoms with E-state index in [4.69, 9.17) is 25.8 Å². The number of rotatable bonds is 5. The molecular formula is C20H19ClFNO5. The first-order valence-corrected chi connectivity index (χ1v) is 9.06. The summed E-state index contributed by atoms with van der Waals surface area (Å²) >= 11 is 6.12. The molecule has 148 valence electrons. The van der Waals surface area contributed by atoms with Gasteiger partial charge in [0.15, 0.2) is 11.6 Å². The molecule has 0 bridgehead atoms. The molecule has 0 aromatic heterocycles.